The van der Waals surface area contributed by atoms with Crippen LogP contribution in [0.5, 0.6) is 0 Å². The number of aromatic nitrogens is 2. The summed E-state index contributed by atoms with van der Waals surface area (Å²) in [7, 11) is 0. The van der Waals surface area contributed by atoms with Gasteiger partial charge in [-0.1, -0.05) is 6.07 Å². The third-order valence-electron chi connectivity index (χ3n) is 2.51. The van der Waals surface area contributed by atoms with Crippen LogP contribution in [-0.2, 0) is 12.7 Å². The molecule has 0 amide bonds. The highest BCUT2D eigenvalue weighted by molar-refractivity contribution is 5.77. The summed E-state index contributed by atoms with van der Waals surface area (Å²) in [6, 6.07) is 5.02. The SMILES string of the molecule is Cc1ccc2nc(C(F)(F)F)n(CCN)c2c1. The van der Waals surface area contributed by atoms with Crippen molar-refractivity contribution in [1.29, 1.82) is 0 Å². The first-order valence-corrected chi connectivity index (χ1v) is 5.17. The number of imidazole rings is 1. The molecule has 1 aromatic carbocycles. The number of fused-ring (bicyclic) bond motifs is 1. The minimum Gasteiger partial charge on any atom is -0.329 e. The fourth-order valence-electron chi connectivity index (χ4n) is 1.80. The van der Waals surface area contributed by atoms with Crippen LogP contribution in [0, 0.1) is 6.92 Å². The van der Waals surface area contributed by atoms with Gasteiger partial charge in [-0.05, 0) is 24.6 Å². The van der Waals surface area contributed by atoms with Gasteiger partial charge in [0, 0.05) is 13.1 Å². The summed E-state index contributed by atoms with van der Waals surface area (Å²) >= 11 is 0. The predicted octanol–water partition coefficient (Wildman–Crippen LogP) is 2.32. The molecule has 0 spiro atoms. The zero-order valence-electron chi connectivity index (χ0n) is 9.25. The third kappa shape index (κ3) is 2.12. The van der Waals surface area contributed by atoms with Crippen LogP contribution in [-0.4, -0.2) is 16.1 Å². The first-order chi connectivity index (χ1) is 7.93. The minimum atomic E-state index is -4.46. The van der Waals surface area contributed by atoms with Crippen LogP contribution in [0.3, 0.4) is 0 Å². The van der Waals surface area contributed by atoms with Crippen LogP contribution in [0.15, 0.2) is 18.2 Å². The molecule has 1 aromatic heterocycles. The van der Waals surface area contributed by atoms with Gasteiger partial charge in [-0.25, -0.2) is 4.98 Å². The first kappa shape index (κ1) is 11.9. The smallest absolute Gasteiger partial charge is 0.329 e. The molecule has 2 aromatic rings. The van der Waals surface area contributed by atoms with E-state index < -0.39 is 12.0 Å². The van der Waals surface area contributed by atoms with E-state index in [4.69, 9.17) is 5.73 Å². The standard InChI is InChI=1S/C11H12F3N3/c1-7-2-3-8-9(6-7)17(5-4-15)10(16-8)11(12,13)14/h2-3,6H,4-5,15H2,1H3. The molecule has 0 atom stereocenters. The average molecular weight is 243 g/mol. The Hall–Kier alpha value is -1.56. The first-order valence-electron chi connectivity index (χ1n) is 5.17. The molecule has 1 heterocycles. The van der Waals surface area contributed by atoms with E-state index in [1.807, 2.05) is 6.92 Å². The second kappa shape index (κ2) is 4.03. The molecule has 0 aliphatic heterocycles. The number of aryl methyl sites for hydroxylation is 1. The van der Waals surface area contributed by atoms with Crippen molar-refractivity contribution in [3.8, 4) is 0 Å². The van der Waals surface area contributed by atoms with Gasteiger partial charge < -0.3 is 10.3 Å². The van der Waals surface area contributed by atoms with Crippen LogP contribution < -0.4 is 5.73 Å². The largest absolute Gasteiger partial charge is 0.449 e. The second-order valence-corrected chi connectivity index (χ2v) is 3.87. The maximum absolute atomic E-state index is 12.8. The molecule has 2 rings (SSSR count). The number of hydrogen-bond donors (Lipinski definition) is 1. The Bertz CT molecular complexity index is 543. The highest BCUT2D eigenvalue weighted by atomic mass is 19.4. The third-order valence-corrected chi connectivity index (χ3v) is 2.51. The van der Waals surface area contributed by atoms with E-state index in [0.29, 0.717) is 11.0 Å². The van der Waals surface area contributed by atoms with E-state index in [1.165, 1.54) is 0 Å². The lowest BCUT2D eigenvalue weighted by Crippen LogP contribution is -2.18. The van der Waals surface area contributed by atoms with Crippen molar-refractivity contribution in [3.63, 3.8) is 0 Å². The van der Waals surface area contributed by atoms with Crippen molar-refractivity contribution in [2.45, 2.75) is 19.6 Å². The fourth-order valence-corrected chi connectivity index (χ4v) is 1.80. The Kier molecular flexibility index (Phi) is 2.82. The maximum atomic E-state index is 12.8. The summed E-state index contributed by atoms with van der Waals surface area (Å²) in [5.74, 6) is -0.886. The zero-order chi connectivity index (χ0) is 12.6. The van der Waals surface area contributed by atoms with Gasteiger partial charge in [-0.15, -0.1) is 0 Å². The topological polar surface area (TPSA) is 43.8 Å². The lowest BCUT2D eigenvalue weighted by Gasteiger charge is -2.10. The van der Waals surface area contributed by atoms with Crippen LogP contribution in [0.4, 0.5) is 13.2 Å². The Morgan fingerprint density at radius 3 is 2.65 bits per heavy atom. The van der Waals surface area contributed by atoms with Crippen molar-refractivity contribution in [1.82, 2.24) is 9.55 Å². The molecular formula is C11H12F3N3. The second-order valence-electron chi connectivity index (χ2n) is 3.87. The Morgan fingerprint density at radius 1 is 1.35 bits per heavy atom. The van der Waals surface area contributed by atoms with E-state index in [2.05, 4.69) is 4.98 Å². The zero-order valence-corrected chi connectivity index (χ0v) is 9.25. The van der Waals surface area contributed by atoms with Crippen molar-refractivity contribution in [2.24, 2.45) is 5.73 Å². The molecule has 3 nitrogen and oxygen atoms in total. The normalized spacial score (nSPS) is 12.3. The number of nitrogens with two attached hydrogens (primary N) is 1. The number of benzene rings is 1. The number of nitrogens with zero attached hydrogens (tertiary/aromatic N) is 2. The van der Waals surface area contributed by atoms with Gasteiger partial charge in [0.15, 0.2) is 0 Å². The summed E-state index contributed by atoms with van der Waals surface area (Å²) < 4.78 is 39.5. The fraction of sp³-hybridized carbons (Fsp3) is 0.364. The molecule has 0 radical (unpaired) electrons. The van der Waals surface area contributed by atoms with Crippen LogP contribution in [0.25, 0.3) is 11.0 Å². The number of alkyl halides is 3. The molecule has 17 heavy (non-hydrogen) atoms. The molecule has 0 saturated carbocycles. The summed E-state index contributed by atoms with van der Waals surface area (Å²) in [6.07, 6.45) is -4.46. The molecule has 92 valence electrons. The molecule has 0 bridgehead atoms. The average Bonchev–Trinajstić information content (AvgIpc) is 2.57. The molecule has 2 N–H and O–H groups in total. The van der Waals surface area contributed by atoms with Gasteiger partial charge in [-0.2, -0.15) is 13.2 Å². The Balaban J connectivity index is 2.71. The summed E-state index contributed by atoms with van der Waals surface area (Å²) in [6.45, 7) is 2.07. The molecular weight excluding hydrogens is 231 g/mol. The van der Waals surface area contributed by atoms with Gasteiger partial charge >= 0.3 is 6.18 Å². The molecule has 0 saturated heterocycles. The van der Waals surface area contributed by atoms with Crippen LogP contribution in [0.1, 0.15) is 11.4 Å². The summed E-state index contributed by atoms with van der Waals surface area (Å²) in [4.78, 5) is 3.63. The van der Waals surface area contributed by atoms with Crippen LogP contribution >= 0.6 is 0 Å². The minimum absolute atomic E-state index is 0.106. The number of hydrogen-bond acceptors (Lipinski definition) is 2. The van der Waals surface area contributed by atoms with Crippen molar-refractivity contribution in [3.05, 3.63) is 29.6 Å². The highest BCUT2D eigenvalue weighted by Gasteiger charge is 2.37. The van der Waals surface area contributed by atoms with E-state index >= 15 is 0 Å². The summed E-state index contributed by atoms with van der Waals surface area (Å²) in [5, 5.41) is 0. The molecule has 0 unspecified atom stereocenters. The van der Waals surface area contributed by atoms with Gasteiger partial charge in [-0.3, -0.25) is 0 Å². The van der Waals surface area contributed by atoms with Gasteiger partial charge in [0.1, 0.15) is 0 Å². The molecule has 0 aliphatic rings. The van der Waals surface area contributed by atoms with E-state index in [1.54, 1.807) is 18.2 Å². The maximum Gasteiger partial charge on any atom is 0.449 e. The Morgan fingerprint density at radius 2 is 2.06 bits per heavy atom. The van der Waals surface area contributed by atoms with E-state index in [-0.39, 0.29) is 13.1 Å². The monoisotopic (exact) mass is 243 g/mol. The lowest BCUT2D eigenvalue weighted by molar-refractivity contribution is -0.146. The number of rotatable bonds is 2. The van der Waals surface area contributed by atoms with Gasteiger partial charge in [0.05, 0.1) is 11.0 Å². The highest BCUT2D eigenvalue weighted by Crippen LogP contribution is 2.31. The molecule has 6 heteroatoms. The lowest BCUT2D eigenvalue weighted by atomic mass is 10.2. The predicted molar refractivity (Wildman–Crippen MR) is 58.5 cm³/mol. The Labute approximate surface area is 96.0 Å². The van der Waals surface area contributed by atoms with Gasteiger partial charge in [0.25, 0.3) is 0 Å². The quantitative estimate of drug-likeness (QED) is 0.879. The van der Waals surface area contributed by atoms with Crippen LogP contribution in [0.2, 0.25) is 0 Å². The van der Waals surface area contributed by atoms with Crippen molar-refractivity contribution < 1.29 is 13.2 Å². The molecule has 0 aliphatic carbocycles. The van der Waals surface area contributed by atoms with E-state index in [0.717, 1.165) is 10.1 Å². The van der Waals surface area contributed by atoms with Crippen molar-refractivity contribution >= 4 is 11.0 Å². The van der Waals surface area contributed by atoms with Gasteiger partial charge in [0.2, 0.25) is 5.82 Å². The molecule has 0 fully saturated rings. The number of halogens is 3. The summed E-state index contributed by atoms with van der Waals surface area (Å²) in [5.41, 5.74) is 7.06. The van der Waals surface area contributed by atoms with Crippen molar-refractivity contribution in [2.75, 3.05) is 6.54 Å². The van der Waals surface area contributed by atoms with E-state index in [9.17, 15) is 13.2 Å².